The van der Waals surface area contributed by atoms with E-state index in [1.165, 1.54) is 6.26 Å². The van der Waals surface area contributed by atoms with Crippen LogP contribution in [0.5, 0.6) is 0 Å². The first kappa shape index (κ1) is 10.9. The molecule has 0 unspecified atom stereocenters. The smallest absolute Gasteiger partial charge is 0.147 e. The molecule has 0 amide bonds. The second kappa shape index (κ2) is 3.54. The number of nitrogens with zero attached hydrogens (tertiary/aromatic N) is 1. The van der Waals surface area contributed by atoms with Gasteiger partial charge in [-0.25, -0.2) is 8.42 Å². The van der Waals surface area contributed by atoms with E-state index in [2.05, 4.69) is 21.1 Å². The third-order valence-electron chi connectivity index (χ3n) is 1.34. The maximum Gasteiger partial charge on any atom is 0.147 e. The quantitative estimate of drug-likeness (QED) is 0.576. The number of hydrogen-bond donors (Lipinski definition) is 0. The summed E-state index contributed by atoms with van der Waals surface area (Å²) in [5.74, 6) is 0.308. The third kappa shape index (κ3) is 9.91. The lowest BCUT2D eigenvalue weighted by molar-refractivity contribution is -0.870. The van der Waals surface area contributed by atoms with Gasteiger partial charge in [-0.1, -0.05) is 0 Å². The van der Waals surface area contributed by atoms with Gasteiger partial charge in [-0.3, -0.25) is 0 Å². The van der Waals surface area contributed by atoms with Gasteiger partial charge in [0.05, 0.1) is 33.4 Å². The van der Waals surface area contributed by atoms with E-state index < -0.39 is 9.84 Å². The summed E-state index contributed by atoms with van der Waals surface area (Å²) >= 11 is 0. The molecule has 0 bridgehead atoms. The summed E-state index contributed by atoms with van der Waals surface area (Å²) in [5, 5.41) is 0. The predicted molar refractivity (Wildman–Crippen MR) is 47.2 cm³/mol. The van der Waals surface area contributed by atoms with Gasteiger partial charge >= 0.3 is 0 Å². The van der Waals surface area contributed by atoms with E-state index >= 15 is 0 Å². The first-order valence-corrected chi connectivity index (χ1v) is 5.75. The van der Waals surface area contributed by atoms with Crippen LogP contribution in [0.15, 0.2) is 0 Å². The first-order chi connectivity index (χ1) is 4.71. The van der Waals surface area contributed by atoms with Crippen LogP contribution in [0.2, 0.25) is 0 Å². The minimum Gasteiger partial charge on any atom is -0.331 e. The van der Waals surface area contributed by atoms with Crippen LogP contribution in [0.3, 0.4) is 0 Å². The molecular formula is C7H18NO2S+. The summed E-state index contributed by atoms with van der Waals surface area (Å²) in [4.78, 5) is 0. The molecule has 3 nitrogen and oxygen atoms in total. The lowest BCUT2D eigenvalue weighted by atomic mass is 10.4. The fourth-order valence-electron chi connectivity index (χ4n) is 0.801. The molecule has 0 aliphatic carbocycles. The molecule has 0 saturated carbocycles. The van der Waals surface area contributed by atoms with Gasteiger partial charge < -0.3 is 4.48 Å². The Morgan fingerprint density at radius 2 is 1.64 bits per heavy atom. The summed E-state index contributed by atoms with van der Waals surface area (Å²) in [5.41, 5.74) is 0. The Bertz CT molecular complexity index is 201. The lowest BCUT2D eigenvalue weighted by Crippen LogP contribution is -2.36. The molecule has 0 atom stereocenters. The topological polar surface area (TPSA) is 34.1 Å². The van der Waals surface area contributed by atoms with E-state index in [1.807, 2.05) is 0 Å². The number of sulfone groups is 1. The molecule has 11 heavy (non-hydrogen) atoms. The van der Waals surface area contributed by atoms with Crippen LogP contribution in [0.4, 0.5) is 0 Å². The van der Waals surface area contributed by atoms with Crippen LogP contribution in [0.1, 0.15) is 6.42 Å². The van der Waals surface area contributed by atoms with Crippen molar-refractivity contribution in [2.45, 2.75) is 6.42 Å². The van der Waals surface area contributed by atoms with Crippen molar-refractivity contribution in [1.82, 2.24) is 0 Å². The van der Waals surface area contributed by atoms with E-state index in [0.717, 1.165) is 17.4 Å². The second-order valence-corrected chi connectivity index (χ2v) is 6.26. The van der Waals surface area contributed by atoms with E-state index in [9.17, 15) is 8.42 Å². The molecule has 0 aromatic carbocycles. The summed E-state index contributed by atoms with van der Waals surface area (Å²) in [6.07, 6.45) is 2.03. The molecule has 0 aromatic rings. The normalized spacial score (nSPS) is 13.5. The molecule has 0 aliphatic rings. The highest BCUT2D eigenvalue weighted by atomic mass is 32.2. The van der Waals surface area contributed by atoms with Crippen molar-refractivity contribution >= 4 is 9.84 Å². The monoisotopic (exact) mass is 180 g/mol. The zero-order valence-electron chi connectivity index (χ0n) is 7.79. The lowest BCUT2D eigenvalue weighted by Gasteiger charge is -2.23. The number of quaternary nitrogens is 1. The van der Waals surface area contributed by atoms with Crippen LogP contribution in [0.25, 0.3) is 0 Å². The van der Waals surface area contributed by atoms with E-state index in [1.54, 1.807) is 0 Å². The SMILES string of the molecule is C[N+](C)(C)CCCS(C)(=O)=O. The summed E-state index contributed by atoms with van der Waals surface area (Å²) in [6, 6.07) is 0. The minimum atomic E-state index is -2.76. The zero-order chi connectivity index (χ0) is 9.12. The molecule has 0 heterocycles. The Hall–Kier alpha value is -0.0900. The Morgan fingerprint density at radius 3 is 1.91 bits per heavy atom. The highest BCUT2D eigenvalue weighted by molar-refractivity contribution is 7.90. The van der Waals surface area contributed by atoms with Crippen molar-refractivity contribution in [3.8, 4) is 0 Å². The van der Waals surface area contributed by atoms with E-state index in [-0.39, 0.29) is 0 Å². The molecule has 0 radical (unpaired) electrons. The molecule has 0 spiro atoms. The molecule has 0 rings (SSSR count). The Morgan fingerprint density at radius 1 is 1.18 bits per heavy atom. The van der Waals surface area contributed by atoms with Gasteiger partial charge in [-0.15, -0.1) is 0 Å². The van der Waals surface area contributed by atoms with Crippen molar-refractivity contribution < 1.29 is 12.9 Å². The van der Waals surface area contributed by atoms with Gasteiger partial charge in [0.1, 0.15) is 9.84 Å². The average Bonchev–Trinajstić information content (AvgIpc) is 1.55. The maximum absolute atomic E-state index is 10.7. The Kier molecular flexibility index (Phi) is 3.51. The van der Waals surface area contributed by atoms with Crippen molar-refractivity contribution in [3.63, 3.8) is 0 Å². The van der Waals surface area contributed by atoms with Crippen LogP contribution in [-0.4, -0.2) is 52.6 Å². The van der Waals surface area contributed by atoms with Crippen molar-refractivity contribution in [1.29, 1.82) is 0 Å². The molecule has 0 aliphatic heterocycles. The molecule has 68 valence electrons. The van der Waals surface area contributed by atoms with Gasteiger partial charge in [0, 0.05) is 12.7 Å². The summed E-state index contributed by atoms with van der Waals surface area (Å²) < 4.78 is 22.2. The fraction of sp³-hybridized carbons (Fsp3) is 1.00. The van der Waals surface area contributed by atoms with Gasteiger partial charge in [-0.2, -0.15) is 0 Å². The Labute approximate surface area is 69.5 Å². The zero-order valence-corrected chi connectivity index (χ0v) is 8.61. The van der Waals surface area contributed by atoms with E-state index in [0.29, 0.717) is 5.75 Å². The summed E-state index contributed by atoms with van der Waals surface area (Å²) in [6.45, 7) is 0.910. The fourth-order valence-corrected chi connectivity index (χ4v) is 1.45. The van der Waals surface area contributed by atoms with Crippen LogP contribution < -0.4 is 0 Å². The van der Waals surface area contributed by atoms with Gasteiger partial charge in [0.25, 0.3) is 0 Å². The Balaban J connectivity index is 3.61. The number of rotatable bonds is 4. The van der Waals surface area contributed by atoms with Gasteiger partial charge in [0.15, 0.2) is 0 Å². The molecule has 0 aromatic heterocycles. The van der Waals surface area contributed by atoms with Crippen molar-refractivity contribution in [2.24, 2.45) is 0 Å². The van der Waals surface area contributed by atoms with Crippen LogP contribution in [0, 0.1) is 0 Å². The van der Waals surface area contributed by atoms with Crippen molar-refractivity contribution in [3.05, 3.63) is 0 Å². The largest absolute Gasteiger partial charge is 0.331 e. The number of hydrogen-bond acceptors (Lipinski definition) is 2. The molecule has 4 heteroatoms. The van der Waals surface area contributed by atoms with Crippen molar-refractivity contribution in [2.75, 3.05) is 39.7 Å². The standard InChI is InChI=1S/C7H18NO2S/c1-8(2,3)6-5-7-11(4,9)10/h5-7H2,1-4H3/q+1. The minimum absolute atomic E-state index is 0.308. The average molecular weight is 180 g/mol. The van der Waals surface area contributed by atoms with E-state index in [4.69, 9.17) is 0 Å². The third-order valence-corrected chi connectivity index (χ3v) is 2.37. The molecular weight excluding hydrogens is 162 g/mol. The first-order valence-electron chi connectivity index (χ1n) is 3.69. The highest BCUT2D eigenvalue weighted by Crippen LogP contribution is 1.95. The second-order valence-electron chi connectivity index (χ2n) is 4.00. The van der Waals surface area contributed by atoms with Gasteiger partial charge in [-0.05, 0) is 0 Å². The maximum atomic E-state index is 10.7. The van der Waals surface area contributed by atoms with Gasteiger partial charge in [0.2, 0.25) is 0 Å². The van der Waals surface area contributed by atoms with Crippen LogP contribution in [-0.2, 0) is 9.84 Å². The molecule has 0 saturated heterocycles. The highest BCUT2D eigenvalue weighted by Gasteiger charge is 2.08. The molecule has 0 fully saturated rings. The summed E-state index contributed by atoms with van der Waals surface area (Å²) in [7, 11) is 3.42. The molecule has 0 N–H and O–H groups in total. The predicted octanol–water partition coefficient (Wildman–Crippen LogP) is 0.127. The van der Waals surface area contributed by atoms with Crippen LogP contribution >= 0.6 is 0 Å².